The molecule has 1 atom stereocenters. The van der Waals surface area contributed by atoms with Gasteiger partial charge < -0.3 is 10.2 Å². The molecule has 2 heterocycles. The molecule has 2 aromatic rings. The summed E-state index contributed by atoms with van der Waals surface area (Å²) >= 11 is 0. The average Bonchev–Trinajstić information content (AvgIpc) is 2.69. The first-order chi connectivity index (χ1) is 13.6. The van der Waals surface area contributed by atoms with Crippen molar-refractivity contribution in [1.29, 1.82) is 0 Å². The molecule has 0 saturated carbocycles. The highest BCUT2D eigenvalue weighted by atomic mass is 19.4. The summed E-state index contributed by atoms with van der Waals surface area (Å²) < 4.78 is 38.0. The van der Waals surface area contributed by atoms with Gasteiger partial charge in [-0.05, 0) is 50.1 Å². The number of pyridine rings is 1. The molecule has 1 unspecified atom stereocenters. The number of aromatic nitrogens is 1. The van der Waals surface area contributed by atoms with E-state index in [9.17, 15) is 18.0 Å². The maximum absolute atomic E-state index is 12.7. The number of nitrogens with one attached hydrogen (secondary N) is 1. The zero-order valence-corrected chi connectivity index (χ0v) is 16.8. The lowest BCUT2D eigenvalue weighted by Gasteiger charge is -2.38. The van der Waals surface area contributed by atoms with Gasteiger partial charge in [0.1, 0.15) is 5.82 Å². The predicted octanol–water partition coefficient (Wildman–Crippen LogP) is 3.87. The van der Waals surface area contributed by atoms with E-state index in [2.05, 4.69) is 15.2 Å². The fourth-order valence-corrected chi connectivity index (χ4v) is 3.35. The number of rotatable bonds is 4. The van der Waals surface area contributed by atoms with E-state index < -0.39 is 11.7 Å². The molecule has 29 heavy (non-hydrogen) atoms. The van der Waals surface area contributed by atoms with Gasteiger partial charge in [0.2, 0.25) is 5.91 Å². The maximum atomic E-state index is 12.7. The van der Waals surface area contributed by atoms with E-state index in [4.69, 9.17) is 0 Å². The van der Waals surface area contributed by atoms with Gasteiger partial charge >= 0.3 is 6.18 Å². The molecule has 1 N–H and O–H groups in total. The van der Waals surface area contributed by atoms with Crippen molar-refractivity contribution in [2.24, 2.45) is 0 Å². The predicted molar refractivity (Wildman–Crippen MR) is 107 cm³/mol. The first-order valence-electron chi connectivity index (χ1n) is 9.55. The van der Waals surface area contributed by atoms with E-state index >= 15 is 0 Å². The van der Waals surface area contributed by atoms with Crippen molar-refractivity contribution >= 4 is 17.4 Å². The number of carbonyl (C=O) groups is 1. The van der Waals surface area contributed by atoms with Crippen molar-refractivity contribution in [3.63, 3.8) is 0 Å². The number of halogens is 3. The highest BCUT2D eigenvalue weighted by molar-refractivity contribution is 5.95. The van der Waals surface area contributed by atoms with Crippen LogP contribution in [0, 0.1) is 13.8 Å². The Kier molecular flexibility index (Phi) is 6.12. The van der Waals surface area contributed by atoms with Gasteiger partial charge in [0.05, 0.1) is 11.6 Å². The van der Waals surface area contributed by atoms with Gasteiger partial charge in [0.25, 0.3) is 0 Å². The van der Waals surface area contributed by atoms with E-state index in [0.29, 0.717) is 32.0 Å². The fraction of sp³-hybridized carbons (Fsp3) is 0.429. The second kappa shape index (κ2) is 8.41. The normalized spacial score (nSPS) is 16.6. The van der Waals surface area contributed by atoms with Crippen molar-refractivity contribution in [2.45, 2.75) is 33.0 Å². The standard InChI is InChI=1S/C21H25F3N4O/c1-14-4-5-15(2)18(12-14)26-20(29)16(3)27-8-10-28(11-9-27)19-7-6-17(13-25-19)21(22,23)24/h4-7,12-13,16H,8-11H2,1-3H3,(H,26,29). The van der Waals surface area contributed by atoms with E-state index in [-0.39, 0.29) is 11.9 Å². The van der Waals surface area contributed by atoms with Gasteiger partial charge in [0, 0.05) is 38.1 Å². The molecule has 3 rings (SSSR count). The lowest BCUT2D eigenvalue weighted by atomic mass is 10.1. The largest absolute Gasteiger partial charge is 0.417 e. The van der Waals surface area contributed by atoms with Crippen LogP contribution in [0.4, 0.5) is 24.7 Å². The molecular weight excluding hydrogens is 381 g/mol. The van der Waals surface area contributed by atoms with Crippen LogP contribution >= 0.6 is 0 Å². The summed E-state index contributed by atoms with van der Waals surface area (Å²) in [6.45, 7) is 8.25. The number of aryl methyl sites for hydroxylation is 2. The van der Waals surface area contributed by atoms with Gasteiger partial charge in [-0.15, -0.1) is 0 Å². The van der Waals surface area contributed by atoms with Crippen molar-refractivity contribution in [3.8, 4) is 0 Å². The molecule has 1 amide bonds. The minimum Gasteiger partial charge on any atom is -0.354 e. The van der Waals surface area contributed by atoms with Crippen LogP contribution in [0.5, 0.6) is 0 Å². The Morgan fingerprint density at radius 2 is 1.79 bits per heavy atom. The molecular formula is C21H25F3N4O. The molecule has 0 radical (unpaired) electrons. The highest BCUT2D eigenvalue weighted by Crippen LogP contribution is 2.29. The molecule has 1 aliphatic rings. The summed E-state index contributed by atoms with van der Waals surface area (Å²) in [5, 5.41) is 3.00. The first-order valence-corrected chi connectivity index (χ1v) is 9.55. The quantitative estimate of drug-likeness (QED) is 0.838. The second-order valence-corrected chi connectivity index (χ2v) is 7.41. The number of anilines is 2. The molecule has 5 nitrogen and oxygen atoms in total. The Morgan fingerprint density at radius 3 is 2.38 bits per heavy atom. The zero-order chi connectivity index (χ0) is 21.2. The Balaban J connectivity index is 1.57. The third-order valence-electron chi connectivity index (χ3n) is 5.29. The Labute approximate surface area is 168 Å². The van der Waals surface area contributed by atoms with Crippen LogP contribution in [0.2, 0.25) is 0 Å². The van der Waals surface area contributed by atoms with Crippen molar-refractivity contribution < 1.29 is 18.0 Å². The number of benzene rings is 1. The number of carbonyl (C=O) groups excluding carboxylic acids is 1. The SMILES string of the molecule is Cc1ccc(C)c(NC(=O)C(C)N2CCN(c3ccc(C(F)(F)F)cn3)CC2)c1. The molecule has 0 aliphatic carbocycles. The molecule has 1 saturated heterocycles. The van der Waals surface area contributed by atoms with Gasteiger partial charge in [0.15, 0.2) is 0 Å². The van der Waals surface area contributed by atoms with E-state index in [1.807, 2.05) is 43.9 Å². The summed E-state index contributed by atoms with van der Waals surface area (Å²) in [7, 11) is 0. The van der Waals surface area contributed by atoms with Crippen LogP contribution in [0.15, 0.2) is 36.5 Å². The molecule has 1 aromatic carbocycles. The van der Waals surface area contributed by atoms with E-state index in [1.165, 1.54) is 6.07 Å². The Bertz CT molecular complexity index is 859. The van der Waals surface area contributed by atoms with Gasteiger partial charge in [-0.25, -0.2) is 4.98 Å². The summed E-state index contributed by atoms with van der Waals surface area (Å²) in [6, 6.07) is 8.07. The second-order valence-electron chi connectivity index (χ2n) is 7.41. The molecule has 1 aromatic heterocycles. The van der Waals surface area contributed by atoms with Gasteiger partial charge in [-0.3, -0.25) is 9.69 Å². The Morgan fingerprint density at radius 1 is 1.10 bits per heavy atom. The fourth-order valence-electron chi connectivity index (χ4n) is 3.35. The number of alkyl halides is 3. The van der Waals surface area contributed by atoms with Crippen LogP contribution in [0.25, 0.3) is 0 Å². The summed E-state index contributed by atoms with van der Waals surface area (Å²) in [5.74, 6) is 0.449. The van der Waals surface area contributed by atoms with Gasteiger partial charge in [-0.1, -0.05) is 12.1 Å². The lowest BCUT2D eigenvalue weighted by molar-refractivity contribution is -0.137. The van der Waals surface area contributed by atoms with Crippen LogP contribution in [0.1, 0.15) is 23.6 Å². The summed E-state index contributed by atoms with van der Waals surface area (Å²) in [5.41, 5.74) is 2.15. The van der Waals surface area contributed by atoms with E-state index in [0.717, 1.165) is 29.1 Å². The summed E-state index contributed by atoms with van der Waals surface area (Å²) in [4.78, 5) is 20.6. The zero-order valence-electron chi connectivity index (χ0n) is 16.8. The highest BCUT2D eigenvalue weighted by Gasteiger charge is 2.31. The number of hydrogen-bond acceptors (Lipinski definition) is 4. The van der Waals surface area contributed by atoms with Crippen molar-refractivity contribution in [3.05, 3.63) is 53.2 Å². The molecule has 8 heteroatoms. The Hall–Kier alpha value is -2.61. The van der Waals surface area contributed by atoms with Crippen LogP contribution in [-0.4, -0.2) is 48.0 Å². The van der Waals surface area contributed by atoms with E-state index in [1.54, 1.807) is 0 Å². The monoisotopic (exact) mass is 406 g/mol. The first kappa shape index (κ1) is 21.1. The maximum Gasteiger partial charge on any atom is 0.417 e. The minimum absolute atomic E-state index is 0.0696. The number of piperazine rings is 1. The van der Waals surface area contributed by atoms with Gasteiger partial charge in [-0.2, -0.15) is 13.2 Å². The molecule has 156 valence electrons. The number of amides is 1. The molecule has 0 spiro atoms. The van der Waals surface area contributed by atoms with Crippen LogP contribution in [-0.2, 0) is 11.0 Å². The number of hydrogen-bond donors (Lipinski definition) is 1. The summed E-state index contributed by atoms with van der Waals surface area (Å²) in [6.07, 6.45) is -3.52. The lowest BCUT2D eigenvalue weighted by Crippen LogP contribution is -2.53. The third kappa shape index (κ3) is 5.06. The minimum atomic E-state index is -4.39. The molecule has 1 aliphatic heterocycles. The van der Waals surface area contributed by atoms with Crippen LogP contribution < -0.4 is 10.2 Å². The number of nitrogens with zero attached hydrogens (tertiary/aromatic N) is 3. The smallest absolute Gasteiger partial charge is 0.354 e. The third-order valence-corrected chi connectivity index (χ3v) is 5.29. The molecule has 1 fully saturated rings. The van der Waals surface area contributed by atoms with Crippen molar-refractivity contribution in [2.75, 3.05) is 36.4 Å². The van der Waals surface area contributed by atoms with Crippen LogP contribution in [0.3, 0.4) is 0 Å². The average molecular weight is 406 g/mol. The van der Waals surface area contributed by atoms with Crippen molar-refractivity contribution in [1.82, 2.24) is 9.88 Å². The molecule has 0 bridgehead atoms. The topological polar surface area (TPSA) is 48.5 Å².